The van der Waals surface area contributed by atoms with Crippen LogP contribution in [0.1, 0.15) is 12.8 Å². The number of hydrogen-bond acceptors (Lipinski definition) is 16. The molecule has 216 valence electrons. The van der Waals surface area contributed by atoms with E-state index in [-0.39, 0.29) is 12.8 Å². The Bertz CT molecular complexity index is 756. The van der Waals surface area contributed by atoms with E-state index in [0.29, 0.717) is 0 Å². The molecule has 4 rings (SSSR count). The molecule has 0 aromatic heterocycles. The van der Waals surface area contributed by atoms with Gasteiger partial charge in [0.15, 0.2) is 18.9 Å². The molecular weight excluding hydrogens is 498 g/mol. The molecule has 0 aromatic rings. The van der Waals surface area contributed by atoms with Crippen LogP contribution in [0.4, 0.5) is 0 Å². The first-order chi connectivity index (χ1) is 17.5. The van der Waals surface area contributed by atoms with Gasteiger partial charge in [-0.25, -0.2) is 0 Å². The van der Waals surface area contributed by atoms with Gasteiger partial charge in [0.25, 0.3) is 0 Å². The fourth-order valence-corrected chi connectivity index (χ4v) is 5.46. The van der Waals surface area contributed by atoms with Crippen molar-refractivity contribution in [1.29, 1.82) is 0 Å². The lowest BCUT2D eigenvalue weighted by Gasteiger charge is -2.51. The fraction of sp³-hybridized carbons (Fsp3) is 1.00. The number of aliphatic hydroxyl groups is 6. The lowest BCUT2D eigenvalue weighted by molar-refractivity contribution is -0.373. The van der Waals surface area contributed by atoms with Crippen LogP contribution < -0.4 is 28.3 Å². The maximum atomic E-state index is 11.1. The smallest absolute Gasteiger partial charge is 0.189 e. The molecule has 3 saturated heterocycles. The van der Waals surface area contributed by atoms with Gasteiger partial charge in [0.05, 0.1) is 36.9 Å². The summed E-state index contributed by atoms with van der Waals surface area (Å²) in [5.41, 5.74) is 24.0. The SMILES string of the molecule is CN[C@@H]1[C@H](O[C@@H]2O[C@H](CO)[C@H](N)[C@H](O)[C@@H]2O)O[C@@H]2C[C@H](N)[C@H](O[C@H]3[C@@H](O)[C@@H](O)[C@@H](N)C[C@H]3N)O[C@@H]2[C@H]1O. The van der Waals surface area contributed by atoms with Crippen LogP contribution in [-0.4, -0.2) is 148 Å². The lowest BCUT2D eigenvalue weighted by atomic mass is 9.84. The van der Waals surface area contributed by atoms with E-state index in [2.05, 4.69) is 5.32 Å². The number of ether oxygens (including phenoxy) is 5. The third-order valence-corrected chi connectivity index (χ3v) is 7.74. The van der Waals surface area contributed by atoms with Crippen LogP contribution >= 0.6 is 0 Å². The third-order valence-electron chi connectivity index (χ3n) is 7.74. The van der Waals surface area contributed by atoms with Gasteiger partial charge in [-0.15, -0.1) is 0 Å². The zero-order valence-corrected chi connectivity index (χ0v) is 20.5. The average molecular weight is 540 g/mol. The Hall–Kier alpha value is -0.640. The van der Waals surface area contributed by atoms with Crippen LogP contribution in [0.15, 0.2) is 0 Å². The summed E-state index contributed by atoms with van der Waals surface area (Å²) in [4.78, 5) is 0. The second-order valence-corrected chi connectivity index (χ2v) is 10.3. The van der Waals surface area contributed by atoms with Gasteiger partial charge in [-0.05, 0) is 19.9 Å². The standard InChI is InChI=1S/C21H41N5O11/c1-26-11-14(30)18-8(33-20(11)37-21-16(32)13(29)10(25)9(4-27)34-21)3-7(24)19(36-18)35-17-6(23)2-5(22)12(28)15(17)31/h5-21,26-32H,2-4,22-25H2,1H3/t5-,6+,7-,8+,9+,10-,11-,12-,13-,14-,15-,16-,17+,18-,19+,20-,21-/m0/s1. The second-order valence-electron chi connectivity index (χ2n) is 10.3. The first-order valence-corrected chi connectivity index (χ1v) is 12.5. The van der Waals surface area contributed by atoms with Crippen molar-refractivity contribution in [2.24, 2.45) is 22.9 Å². The van der Waals surface area contributed by atoms with Crippen molar-refractivity contribution >= 4 is 0 Å². The van der Waals surface area contributed by atoms with Gasteiger partial charge < -0.3 is 82.6 Å². The van der Waals surface area contributed by atoms with Gasteiger partial charge in [-0.1, -0.05) is 0 Å². The molecule has 3 aliphatic heterocycles. The molecule has 4 fully saturated rings. The van der Waals surface area contributed by atoms with Crippen molar-refractivity contribution in [2.45, 2.75) is 117 Å². The van der Waals surface area contributed by atoms with Crippen molar-refractivity contribution in [1.82, 2.24) is 5.32 Å². The molecule has 1 aliphatic carbocycles. The Morgan fingerprint density at radius 3 is 2.08 bits per heavy atom. The molecule has 4 aliphatic rings. The van der Waals surface area contributed by atoms with Crippen LogP contribution in [-0.2, 0) is 23.7 Å². The molecule has 37 heavy (non-hydrogen) atoms. The molecule has 3 heterocycles. The first kappa shape index (κ1) is 29.3. The summed E-state index contributed by atoms with van der Waals surface area (Å²) in [5, 5.41) is 64.7. The van der Waals surface area contributed by atoms with Gasteiger partial charge in [0.2, 0.25) is 0 Å². The molecule has 0 spiro atoms. The van der Waals surface area contributed by atoms with Crippen molar-refractivity contribution in [2.75, 3.05) is 13.7 Å². The summed E-state index contributed by atoms with van der Waals surface area (Å²) >= 11 is 0. The van der Waals surface area contributed by atoms with Crippen LogP contribution in [0, 0.1) is 0 Å². The van der Waals surface area contributed by atoms with Crippen molar-refractivity contribution in [3.8, 4) is 0 Å². The molecule has 0 aromatic carbocycles. The molecule has 16 heteroatoms. The normalized spacial score (nSPS) is 55.1. The van der Waals surface area contributed by atoms with Crippen LogP contribution in [0.3, 0.4) is 0 Å². The molecular formula is C21H41N5O11. The molecule has 0 amide bonds. The molecule has 0 radical (unpaired) electrons. The second kappa shape index (κ2) is 11.8. The van der Waals surface area contributed by atoms with Gasteiger partial charge >= 0.3 is 0 Å². The highest BCUT2D eigenvalue weighted by Crippen LogP contribution is 2.35. The minimum Gasteiger partial charge on any atom is -0.394 e. The molecule has 16 nitrogen and oxygen atoms in total. The van der Waals surface area contributed by atoms with E-state index in [1.165, 1.54) is 0 Å². The van der Waals surface area contributed by atoms with E-state index in [1.54, 1.807) is 7.05 Å². The Labute approximate surface area is 213 Å². The summed E-state index contributed by atoms with van der Waals surface area (Å²) in [5.74, 6) is 0. The van der Waals surface area contributed by atoms with Crippen LogP contribution in [0.5, 0.6) is 0 Å². The minimum absolute atomic E-state index is 0.156. The molecule has 17 atom stereocenters. The zero-order chi connectivity index (χ0) is 27.2. The number of nitrogens with two attached hydrogens (primary N) is 4. The Balaban J connectivity index is 1.43. The van der Waals surface area contributed by atoms with Crippen molar-refractivity contribution in [3.63, 3.8) is 0 Å². The van der Waals surface area contributed by atoms with Crippen LogP contribution in [0.25, 0.3) is 0 Å². The highest BCUT2D eigenvalue weighted by atomic mass is 16.8. The number of fused-ring (bicyclic) bond motifs is 1. The minimum atomic E-state index is -1.54. The number of likely N-dealkylation sites (N-methyl/N-ethyl adjacent to an activating group) is 1. The van der Waals surface area contributed by atoms with Crippen LogP contribution in [0.2, 0.25) is 0 Å². The zero-order valence-electron chi connectivity index (χ0n) is 20.5. The van der Waals surface area contributed by atoms with E-state index in [4.69, 9.17) is 46.6 Å². The topological polar surface area (TPSA) is 284 Å². The Morgan fingerprint density at radius 1 is 0.730 bits per heavy atom. The van der Waals surface area contributed by atoms with E-state index in [1.807, 2.05) is 0 Å². The molecule has 0 bridgehead atoms. The van der Waals surface area contributed by atoms with E-state index >= 15 is 0 Å². The molecule has 0 unspecified atom stereocenters. The van der Waals surface area contributed by atoms with E-state index < -0.39 is 111 Å². The van der Waals surface area contributed by atoms with Gasteiger partial charge in [-0.2, -0.15) is 0 Å². The Kier molecular flexibility index (Phi) is 9.40. The summed E-state index contributed by atoms with van der Waals surface area (Å²) in [6.45, 7) is -0.508. The number of hydrogen-bond donors (Lipinski definition) is 11. The first-order valence-electron chi connectivity index (χ1n) is 12.5. The van der Waals surface area contributed by atoms with Gasteiger partial charge in [0, 0.05) is 12.1 Å². The van der Waals surface area contributed by atoms with Gasteiger partial charge in [0.1, 0.15) is 42.7 Å². The molecule has 1 saturated carbocycles. The maximum Gasteiger partial charge on any atom is 0.189 e. The third kappa shape index (κ3) is 5.66. The lowest BCUT2D eigenvalue weighted by Crippen LogP contribution is -2.70. The summed E-state index contributed by atoms with van der Waals surface area (Å²) in [7, 11) is 1.55. The number of rotatable bonds is 6. The molecule has 15 N–H and O–H groups in total. The monoisotopic (exact) mass is 539 g/mol. The largest absolute Gasteiger partial charge is 0.394 e. The van der Waals surface area contributed by atoms with Gasteiger partial charge in [-0.3, -0.25) is 0 Å². The number of aliphatic hydroxyl groups excluding tert-OH is 6. The quantitative estimate of drug-likeness (QED) is 0.149. The number of nitrogens with one attached hydrogen (secondary N) is 1. The van der Waals surface area contributed by atoms with Crippen molar-refractivity contribution < 1.29 is 54.3 Å². The summed E-state index contributed by atoms with van der Waals surface area (Å²) in [6.07, 6.45) is -13.7. The fourth-order valence-electron chi connectivity index (χ4n) is 5.46. The Morgan fingerprint density at radius 2 is 1.43 bits per heavy atom. The summed E-state index contributed by atoms with van der Waals surface area (Å²) < 4.78 is 29.2. The average Bonchev–Trinajstić information content (AvgIpc) is 2.86. The highest BCUT2D eigenvalue weighted by Gasteiger charge is 2.54. The van der Waals surface area contributed by atoms with E-state index in [9.17, 15) is 30.6 Å². The predicted octanol–water partition coefficient (Wildman–Crippen LogP) is -6.95. The predicted molar refractivity (Wildman–Crippen MR) is 123 cm³/mol. The maximum absolute atomic E-state index is 11.1. The van der Waals surface area contributed by atoms with E-state index in [0.717, 1.165) is 0 Å². The van der Waals surface area contributed by atoms with Crippen molar-refractivity contribution in [3.05, 3.63) is 0 Å². The summed E-state index contributed by atoms with van der Waals surface area (Å²) in [6, 6.07) is -4.05. The highest BCUT2D eigenvalue weighted by molar-refractivity contribution is 5.01.